The average Bonchev–Trinajstić information content (AvgIpc) is 2.80. The number of sulfonamides is 1. The van der Waals surface area contributed by atoms with Gasteiger partial charge in [0.1, 0.15) is 0 Å². The molecule has 2 rings (SSSR count). The molecule has 4 nitrogen and oxygen atoms in total. The van der Waals surface area contributed by atoms with Crippen LogP contribution < -0.4 is 5.32 Å². The molecule has 1 aliphatic heterocycles. The standard InChI is InChI=1S/C10H15BrN2O2S2/c11-9-6-10(16-8-9)7-12-2-4-13-3-1-5-17(13,14)15/h6,8,12H,1-5,7H2. The number of hydrogen-bond donors (Lipinski definition) is 1. The van der Waals surface area contributed by atoms with Gasteiger partial charge in [-0.1, -0.05) is 0 Å². The van der Waals surface area contributed by atoms with Crippen molar-refractivity contribution in [1.29, 1.82) is 0 Å². The van der Waals surface area contributed by atoms with E-state index in [2.05, 4.69) is 27.3 Å². The van der Waals surface area contributed by atoms with Crippen LogP contribution in [0.1, 0.15) is 11.3 Å². The molecule has 1 aliphatic rings. The maximum Gasteiger partial charge on any atom is 0.214 e. The zero-order chi connectivity index (χ0) is 12.3. The molecule has 7 heteroatoms. The second kappa shape index (κ2) is 5.79. The fourth-order valence-electron chi connectivity index (χ4n) is 1.80. The lowest BCUT2D eigenvalue weighted by Gasteiger charge is -2.14. The topological polar surface area (TPSA) is 49.4 Å². The zero-order valence-corrected chi connectivity index (χ0v) is 12.6. The van der Waals surface area contributed by atoms with E-state index in [1.807, 2.05) is 5.38 Å². The molecule has 0 amide bonds. The third kappa shape index (κ3) is 3.75. The van der Waals surface area contributed by atoms with Crippen LogP contribution in [0.2, 0.25) is 0 Å². The van der Waals surface area contributed by atoms with E-state index in [4.69, 9.17) is 0 Å². The molecule has 0 unspecified atom stereocenters. The van der Waals surface area contributed by atoms with Crippen LogP contribution in [0.3, 0.4) is 0 Å². The van der Waals surface area contributed by atoms with Gasteiger partial charge in [-0.05, 0) is 28.4 Å². The van der Waals surface area contributed by atoms with Gasteiger partial charge in [0.25, 0.3) is 0 Å². The summed E-state index contributed by atoms with van der Waals surface area (Å²) in [6.07, 6.45) is 0.764. The third-order valence-electron chi connectivity index (χ3n) is 2.66. The molecule has 0 atom stereocenters. The minimum absolute atomic E-state index is 0.310. The lowest BCUT2D eigenvalue weighted by molar-refractivity contribution is 0.434. The number of nitrogens with one attached hydrogen (secondary N) is 1. The van der Waals surface area contributed by atoms with Crippen molar-refractivity contribution in [2.24, 2.45) is 0 Å². The second-order valence-electron chi connectivity index (χ2n) is 3.98. The molecule has 0 spiro atoms. The second-order valence-corrected chi connectivity index (χ2v) is 7.98. The van der Waals surface area contributed by atoms with Crippen molar-refractivity contribution in [3.8, 4) is 0 Å². The lowest BCUT2D eigenvalue weighted by Crippen LogP contribution is -2.33. The van der Waals surface area contributed by atoms with E-state index in [0.29, 0.717) is 25.4 Å². The Morgan fingerprint density at radius 2 is 2.35 bits per heavy atom. The van der Waals surface area contributed by atoms with Gasteiger partial charge in [0.15, 0.2) is 0 Å². The van der Waals surface area contributed by atoms with Crippen LogP contribution >= 0.6 is 27.3 Å². The maximum atomic E-state index is 11.5. The van der Waals surface area contributed by atoms with E-state index in [1.54, 1.807) is 15.6 Å². The predicted molar refractivity (Wildman–Crippen MR) is 73.7 cm³/mol. The van der Waals surface area contributed by atoms with Crippen molar-refractivity contribution >= 4 is 37.3 Å². The summed E-state index contributed by atoms with van der Waals surface area (Å²) in [6, 6.07) is 2.07. The molecule has 0 saturated carbocycles. The number of hydrogen-bond acceptors (Lipinski definition) is 4. The first-order chi connectivity index (χ1) is 8.08. The summed E-state index contributed by atoms with van der Waals surface area (Å²) in [5.41, 5.74) is 0. The van der Waals surface area contributed by atoms with Gasteiger partial charge in [-0.15, -0.1) is 11.3 Å². The van der Waals surface area contributed by atoms with Crippen LogP contribution in [0.25, 0.3) is 0 Å². The molecule has 0 radical (unpaired) electrons. The van der Waals surface area contributed by atoms with Crippen LogP contribution in [0, 0.1) is 0 Å². The first kappa shape index (κ1) is 13.5. The molecule has 1 N–H and O–H groups in total. The molecule has 0 aromatic carbocycles. The van der Waals surface area contributed by atoms with Crippen LogP contribution in [-0.4, -0.2) is 38.1 Å². The van der Waals surface area contributed by atoms with Gasteiger partial charge in [0, 0.05) is 40.9 Å². The van der Waals surface area contributed by atoms with E-state index in [9.17, 15) is 8.42 Å². The van der Waals surface area contributed by atoms with Crippen molar-refractivity contribution in [3.05, 3.63) is 20.8 Å². The Labute approximate surface area is 114 Å². The summed E-state index contributed by atoms with van der Waals surface area (Å²) >= 11 is 5.10. The summed E-state index contributed by atoms with van der Waals surface area (Å²) in [5.74, 6) is 0.310. The quantitative estimate of drug-likeness (QED) is 0.830. The summed E-state index contributed by atoms with van der Waals surface area (Å²) < 4.78 is 25.7. The Bertz CT molecular complexity index is 472. The van der Waals surface area contributed by atoms with Crippen molar-refractivity contribution in [2.45, 2.75) is 13.0 Å². The normalized spacial score (nSPS) is 19.8. The van der Waals surface area contributed by atoms with Crippen LogP contribution in [-0.2, 0) is 16.6 Å². The molecular weight excluding hydrogens is 324 g/mol. The highest BCUT2D eigenvalue weighted by Crippen LogP contribution is 2.19. The molecule has 1 saturated heterocycles. The van der Waals surface area contributed by atoms with E-state index >= 15 is 0 Å². The highest BCUT2D eigenvalue weighted by molar-refractivity contribution is 9.10. The third-order valence-corrected chi connectivity index (χ3v) is 6.32. The van der Waals surface area contributed by atoms with E-state index in [-0.39, 0.29) is 0 Å². The van der Waals surface area contributed by atoms with Crippen molar-refractivity contribution in [3.63, 3.8) is 0 Å². The fraction of sp³-hybridized carbons (Fsp3) is 0.600. The van der Waals surface area contributed by atoms with Crippen LogP contribution in [0.15, 0.2) is 15.9 Å². The van der Waals surface area contributed by atoms with Crippen LogP contribution in [0.4, 0.5) is 0 Å². The fourth-order valence-corrected chi connectivity index (χ4v) is 4.75. The monoisotopic (exact) mass is 338 g/mol. The summed E-state index contributed by atoms with van der Waals surface area (Å²) in [5, 5.41) is 5.31. The number of nitrogens with zero attached hydrogens (tertiary/aromatic N) is 1. The average molecular weight is 339 g/mol. The molecular formula is C10H15BrN2O2S2. The van der Waals surface area contributed by atoms with Crippen molar-refractivity contribution < 1.29 is 8.42 Å². The van der Waals surface area contributed by atoms with Crippen molar-refractivity contribution in [2.75, 3.05) is 25.4 Å². The minimum Gasteiger partial charge on any atom is -0.311 e. The Kier molecular flexibility index (Phi) is 4.59. The first-order valence-corrected chi connectivity index (χ1v) is 8.77. The Morgan fingerprint density at radius 3 is 2.94 bits per heavy atom. The first-order valence-electron chi connectivity index (χ1n) is 5.49. The summed E-state index contributed by atoms with van der Waals surface area (Å²) in [7, 11) is -2.94. The molecule has 1 fully saturated rings. The van der Waals surface area contributed by atoms with Crippen LogP contribution in [0.5, 0.6) is 0 Å². The number of rotatable bonds is 5. The van der Waals surface area contributed by atoms with Gasteiger partial charge in [-0.25, -0.2) is 12.7 Å². The van der Waals surface area contributed by atoms with E-state index in [0.717, 1.165) is 17.4 Å². The van der Waals surface area contributed by atoms with Crippen molar-refractivity contribution in [1.82, 2.24) is 9.62 Å². The predicted octanol–water partition coefficient (Wildman–Crippen LogP) is 1.64. The molecule has 17 heavy (non-hydrogen) atoms. The Balaban J connectivity index is 1.70. The van der Waals surface area contributed by atoms with E-state index < -0.39 is 10.0 Å². The van der Waals surface area contributed by atoms with Gasteiger partial charge in [0.05, 0.1) is 5.75 Å². The summed E-state index contributed by atoms with van der Waals surface area (Å²) in [6.45, 7) is 2.75. The van der Waals surface area contributed by atoms with Gasteiger partial charge >= 0.3 is 0 Å². The van der Waals surface area contributed by atoms with Gasteiger partial charge in [0.2, 0.25) is 10.0 Å². The molecule has 0 bridgehead atoms. The molecule has 1 aromatic rings. The van der Waals surface area contributed by atoms with E-state index in [1.165, 1.54) is 4.88 Å². The van der Waals surface area contributed by atoms with Gasteiger partial charge < -0.3 is 5.32 Å². The number of thiophene rings is 1. The Morgan fingerprint density at radius 1 is 1.53 bits per heavy atom. The smallest absolute Gasteiger partial charge is 0.214 e. The van der Waals surface area contributed by atoms with Gasteiger partial charge in [-0.2, -0.15) is 0 Å². The summed E-state index contributed by atoms with van der Waals surface area (Å²) in [4.78, 5) is 1.25. The van der Waals surface area contributed by atoms with Gasteiger partial charge in [-0.3, -0.25) is 0 Å². The highest BCUT2D eigenvalue weighted by Gasteiger charge is 2.27. The maximum absolute atomic E-state index is 11.5. The largest absolute Gasteiger partial charge is 0.311 e. The molecule has 1 aromatic heterocycles. The molecule has 2 heterocycles. The lowest BCUT2D eigenvalue weighted by atomic mass is 10.4. The zero-order valence-electron chi connectivity index (χ0n) is 9.36. The minimum atomic E-state index is -2.94. The molecule has 96 valence electrons. The number of halogens is 1. The SMILES string of the molecule is O=S1(=O)CCCN1CCNCc1cc(Br)cs1. The molecule has 0 aliphatic carbocycles. The Hall–Kier alpha value is 0.0500. The highest BCUT2D eigenvalue weighted by atomic mass is 79.9.